The first-order chi connectivity index (χ1) is 10.4. The third kappa shape index (κ3) is 3.52. The van der Waals surface area contributed by atoms with Gasteiger partial charge >= 0.3 is 0 Å². The number of anilines is 1. The number of aryl methyl sites for hydroxylation is 1. The fraction of sp³-hybridized carbons (Fsp3) is 0.154. The number of rotatable bonds is 4. The quantitative estimate of drug-likeness (QED) is 0.671. The van der Waals surface area contributed by atoms with Gasteiger partial charge in [0, 0.05) is 7.05 Å². The molecule has 0 atom stereocenters. The molecular weight excluding hydrogens is 351 g/mol. The Labute approximate surface area is 141 Å². The lowest BCUT2D eigenvalue weighted by Crippen LogP contribution is -2.20. The maximum atomic E-state index is 11.6. The van der Waals surface area contributed by atoms with Gasteiger partial charge in [-0.25, -0.2) is 4.68 Å². The summed E-state index contributed by atoms with van der Waals surface area (Å²) in [5.74, 6) is 0.396. The van der Waals surface area contributed by atoms with E-state index in [2.05, 4.69) is 15.6 Å². The smallest absolute Gasteiger partial charge is 0.287 e. The van der Waals surface area contributed by atoms with E-state index in [0.29, 0.717) is 27.0 Å². The molecule has 0 amide bonds. The van der Waals surface area contributed by atoms with E-state index in [1.54, 1.807) is 12.1 Å². The van der Waals surface area contributed by atoms with Crippen LogP contribution in [0, 0.1) is 0 Å². The second-order valence-corrected chi connectivity index (χ2v) is 5.38. The summed E-state index contributed by atoms with van der Waals surface area (Å²) < 4.78 is 6.18. The van der Waals surface area contributed by atoms with E-state index in [1.165, 1.54) is 26.6 Å². The zero-order chi connectivity index (χ0) is 16.3. The molecule has 0 fully saturated rings. The van der Waals surface area contributed by atoms with Crippen molar-refractivity contribution < 1.29 is 4.74 Å². The molecule has 2 aromatic rings. The second kappa shape index (κ2) is 7.00. The minimum Gasteiger partial charge on any atom is -0.494 e. The van der Waals surface area contributed by atoms with E-state index in [4.69, 9.17) is 39.5 Å². The van der Waals surface area contributed by atoms with Crippen LogP contribution < -0.4 is 15.7 Å². The van der Waals surface area contributed by atoms with Crippen LogP contribution in [-0.4, -0.2) is 23.1 Å². The van der Waals surface area contributed by atoms with Crippen molar-refractivity contribution in [2.45, 2.75) is 0 Å². The van der Waals surface area contributed by atoms with Crippen LogP contribution in [0.2, 0.25) is 15.1 Å². The highest BCUT2D eigenvalue weighted by Crippen LogP contribution is 2.33. The van der Waals surface area contributed by atoms with Crippen LogP contribution in [0.1, 0.15) is 5.56 Å². The zero-order valence-corrected chi connectivity index (χ0v) is 13.9. The molecule has 0 radical (unpaired) electrons. The van der Waals surface area contributed by atoms with Gasteiger partial charge in [0.2, 0.25) is 0 Å². The van der Waals surface area contributed by atoms with Crippen molar-refractivity contribution in [3.63, 3.8) is 0 Å². The Morgan fingerprint density at radius 3 is 2.55 bits per heavy atom. The standard InChI is InChI=1S/C13H11Cl3N4O2/c1-20-13(21)11(16)10(6-18-20)19-17-5-7-3-8(14)12(22-2)9(15)4-7/h3-6,19H,1-2H3/b17-5-. The van der Waals surface area contributed by atoms with Crippen molar-refractivity contribution in [2.24, 2.45) is 12.1 Å². The van der Waals surface area contributed by atoms with E-state index in [-0.39, 0.29) is 5.02 Å². The Bertz CT molecular complexity index is 766. The van der Waals surface area contributed by atoms with Crippen molar-refractivity contribution in [1.82, 2.24) is 9.78 Å². The lowest BCUT2D eigenvalue weighted by Gasteiger charge is -2.06. The SMILES string of the molecule is COc1c(Cl)cc(/C=N\Nc2cnn(C)c(=O)c2Cl)cc1Cl. The molecule has 0 unspecified atom stereocenters. The predicted octanol–water partition coefficient (Wildman–Crippen LogP) is 3.20. The molecule has 1 heterocycles. The van der Waals surface area contributed by atoms with Crippen molar-refractivity contribution in [3.8, 4) is 5.75 Å². The molecule has 6 nitrogen and oxygen atoms in total. The maximum Gasteiger partial charge on any atom is 0.287 e. The molecule has 0 spiro atoms. The van der Waals surface area contributed by atoms with E-state index in [1.807, 2.05) is 0 Å². The lowest BCUT2D eigenvalue weighted by atomic mass is 10.2. The Hall–Kier alpha value is -1.76. The summed E-state index contributed by atoms with van der Waals surface area (Å²) in [5.41, 5.74) is 3.17. The molecule has 9 heteroatoms. The summed E-state index contributed by atoms with van der Waals surface area (Å²) in [4.78, 5) is 11.6. The minimum absolute atomic E-state index is 0.000413. The van der Waals surface area contributed by atoms with Gasteiger partial charge in [0.1, 0.15) is 10.7 Å². The molecule has 22 heavy (non-hydrogen) atoms. The highest BCUT2D eigenvalue weighted by molar-refractivity contribution is 6.37. The molecule has 0 saturated carbocycles. The Kier molecular flexibility index (Phi) is 5.28. The summed E-state index contributed by atoms with van der Waals surface area (Å²) in [7, 11) is 2.98. The Morgan fingerprint density at radius 1 is 1.32 bits per heavy atom. The van der Waals surface area contributed by atoms with Gasteiger partial charge in [-0.3, -0.25) is 10.2 Å². The van der Waals surface area contributed by atoms with Gasteiger partial charge < -0.3 is 4.74 Å². The number of ether oxygens (including phenoxy) is 1. The van der Waals surface area contributed by atoms with Crippen molar-refractivity contribution >= 4 is 46.7 Å². The average molecular weight is 362 g/mol. The number of aromatic nitrogens is 2. The molecule has 1 aromatic heterocycles. The van der Waals surface area contributed by atoms with Gasteiger partial charge in [-0.15, -0.1) is 0 Å². The Balaban J connectivity index is 2.20. The summed E-state index contributed by atoms with van der Waals surface area (Å²) >= 11 is 18.0. The van der Waals surface area contributed by atoms with Crippen LogP contribution in [0.15, 0.2) is 28.2 Å². The fourth-order valence-electron chi connectivity index (χ4n) is 1.61. The maximum absolute atomic E-state index is 11.6. The van der Waals surface area contributed by atoms with E-state index in [0.717, 1.165) is 4.68 Å². The first kappa shape index (κ1) is 16.6. The van der Waals surface area contributed by atoms with Crippen molar-refractivity contribution in [2.75, 3.05) is 12.5 Å². The van der Waals surface area contributed by atoms with Gasteiger partial charge in [0.05, 0.1) is 29.6 Å². The van der Waals surface area contributed by atoms with Crippen LogP contribution in [0.4, 0.5) is 5.69 Å². The topological polar surface area (TPSA) is 68.5 Å². The summed E-state index contributed by atoms with van der Waals surface area (Å²) in [6.07, 6.45) is 2.88. The van der Waals surface area contributed by atoms with Crippen LogP contribution in [0.3, 0.4) is 0 Å². The van der Waals surface area contributed by atoms with Gasteiger partial charge in [-0.05, 0) is 17.7 Å². The van der Waals surface area contributed by atoms with Gasteiger partial charge in [0.15, 0.2) is 5.75 Å². The number of benzene rings is 1. The van der Waals surface area contributed by atoms with Crippen molar-refractivity contribution in [3.05, 3.63) is 49.3 Å². The monoisotopic (exact) mass is 360 g/mol. The molecule has 0 aliphatic carbocycles. The van der Waals surface area contributed by atoms with Crippen LogP contribution in [0.5, 0.6) is 5.75 Å². The molecule has 2 rings (SSSR count). The van der Waals surface area contributed by atoms with E-state index >= 15 is 0 Å². The first-order valence-electron chi connectivity index (χ1n) is 5.98. The van der Waals surface area contributed by atoms with E-state index < -0.39 is 5.56 Å². The minimum atomic E-state index is -0.419. The number of hydrogen-bond donors (Lipinski definition) is 1. The molecule has 1 aromatic carbocycles. The number of halogens is 3. The van der Waals surface area contributed by atoms with Crippen LogP contribution in [-0.2, 0) is 7.05 Å². The lowest BCUT2D eigenvalue weighted by molar-refractivity contribution is 0.415. The zero-order valence-electron chi connectivity index (χ0n) is 11.6. The largest absolute Gasteiger partial charge is 0.494 e. The summed E-state index contributed by atoms with van der Waals surface area (Å²) in [5, 5.41) is 8.55. The highest BCUT2D eigenvalue weighted by Gasteiger charge is 2.08. The molecule has 0 bridgehead atoms. The number of methoxy groups -OCH3 is 1. The van der Waals surface area contributed by atoms with Crippen LogP contribution in [0.25, 0.3) is 0 Å². The van der Waals surface area contributed by atoms with Crippen molar-refractivity contribution in [1.29, 1.82) is 0 Å². The number of nitrogens with zero attached hydrogens (tertiary/aromatic N) is 3. The summed E-state index contributed by atoms with van der Waals surface area (Å²) in [6, 6.07) is 3.28. The normalized spacial score (nSPS) is 11.0. The highest BCUT2D eigenvalue weighted by atomic mass is 35.5. The first-order valence-corrected chi connectivity index (χ1v) is 7.11. The summed E-state index contributed by atoms with van der Waals surface area (Å²) in [6.45, 7) is 0. The third-order valence-electron chi connectivity index (χ3n) is 2.70. The van der Waals surface area contributed by atoms with Gasteiger partial charge in [0.25, 0.3) is 5.56 Å². The Morgan fingerprint density at radius 2 is 1.95 bits per heavy atom. The predicted molar refractivity (Wildman–Crippen MR) is 88.7 cm³/mol. The third-order valence-corrected chi connectivity index (χ3v) is 3.63. The van der Waals surface area contributed by atoms with E-state index in [9.17, 15) is 4.79 Å². The molecule has 0 saturated heterocycles. The molecule has 116 valence electrons. The molecule has 0 aliphatic rings. The van der Waals surface area contributed by atoms with Crippen LogP contribution >= 0.6 is 34.8 Å². The second-order valence-electron chi connectivity index (χ2n) is 4.19. The number of nitrogens with one attached hydrogen (secondary N) is 1. The molecular formula is C13H11Cl3N4O2. The number of hydrazone groups is 1. The fourth-order valence-corrected chi connectivity index (χ4v) is 2.49. The molecule has 0 aliphatic heterocycles. The van der Waals surface area contributed by atoms with Gasteiger partial charge in [-0.2, -0.15) is 10.2 Å². The van der Waals surface area contributed by atoms with Gasteiger partial charge in [-0.1, -0.05) is 34.8 Å². The number of hydrogen-bond acceptors (Lipinski definition) is 5. The molecule has 1 N–H and O–H groups in total. The average Bonchev–Trinajstić information content (AvgIpc) is 2.47.